The highest BCUT2D eigenvalue weighted by molar-refractivity contribution is 5.07. The van der Waals surface area contributed by atoms with Gasteiger partial charge in [0.05, 0.1) is 6.26 Å². The van der Waals surface area contributed by atoms with Crippen molar-refractivity contribution in [3.05, 3.63) is 24.5 Å². The molecule has 0 bridgehead atoms. The van der Waals surface area contributed by atoms with E-state index in [9.17, 15) is 0 Å². The predicted molar refractivity (Wildman–Crippen MR) is 26.5 cm³/mol. The lowest BCUT2D eigenvalue weighted by Crippen LogP contribution is -2.27. The summed E-state index contributed by atoms with van der Waals surface area (Å²) in [4.78, 5) is 0. The molecule has 3 heteroatoms. The lowest BCUT2D eigenvalue weighted by atomic mass is 10.4. The van der Waals surface area contributed by atoms with E-state index in [4.69, 9.17) is 10.2 Å². The van der Waals surface area contributed by atoms with Gasteiger partial charge in [-0.25, -0.2) is 0 Å². The molecule has 0 amide bonds. The van der Waals surface area contributed by atoms with Gasteiger partial charge in [-0.3, -0.25) is 0 Å². The summed E-state index contributed by atoms with van der Waals surface area (Å²) in [6, 6.07) is 0. The van der Waals surface area contributed by atoms with Crippen molar-refractivity contribution in [3.63, 3.8) is 0 Å². The monoisotopic (exact) mass is 114 g/mol. The molecular formula is C5H6O3. The molecular weight excluding hydrogens is 108 g/mol. The minimum absolute atomic E-state index is 1.13. The number of ether oxygens (including phenoxy) is 1. The molecule has 3 nitrogen and oxygen atoms in total. The van der Waals surface area contributed by atoms with Gasteiger partial charge >= 0.3 is 5.97 Å². The topological polar surface area (TPSA) is 49.7 Å². The Labute approximate surface area is 46.5 Å². The Morgan fingerprint density at radius 1 is 1.25 bits per heavy atom. The van der Waals surface area contributed by atoms with Gasteiger partial charge in [-0.2, -0.15) is 0 Å². The van der Waals surface area contributed by atoms with Crippen molar-refractivity contribution in [1.82, 2.24) is 0 Å². The summed E-state index contributed by atoms with van der Waals surface area (Å²) in [6.07, 6.45) is 5.39. The number of allylic oxidation sites excluding steroid dienone is 2. The first-order valence-electron chi connectivity index (χ1n) is 2.18. The number of hydrogen-bond acceptors (Lipinski definition) is 3. The summed E-state index contributed by atoms with van der Waals surface area (Å²) in [5, 5.41) is 17.1. The molecule has 1 heterocycles. The Balaban J connectivity index is 2.65. The Bertz CT molecular complexity index is 135. The van der Waals surface area contributed by atoms with Crippen LogP contribution in [0.5, 0.6) is 0 Å². The molecule has 1 aliphatic heterocycles. The third kappa shape index (κ3) is 1.08. The molecule has 0 fully saturated rings. The van der Waals surface area contributed by atoms with Crippen molar-refractivity contribution >= 4 is 0 Å². The summed E-state index contributed by atoms with van der Waals surface area (Å²) in [5.74, 6) is -2.09. The maximum atomic E-state index is 8.57. The van der Waals surface area contributed by atoms with Crippen LogP contribution in [0.3, 0.4) is 0 Å². The molecule has 0 unspecified atom stereocenters. The summed E-state index contributed by atoms with van der Waals surface area (Å²) in [7, 11) is 0. The fraction of sp³-hybridized carbons (Fsp3) is 0.200. The lowest BCUT2D eigenvalue weighted by Gasteiger charge is -2.17. The fourth-order valence-electron chi connectivity index (χ4n) is 0.405. The molecule has 0 aromatic carbocycles. The third-order valence-corrected chi connectivity index (χ3v) is 0.745. The largest absolute Gasteiger partial charge is 0.444 e. The van der Waals surface area contributed by atoms with E-state index < -0.39 is 5.97 Å². The summed E-state index contributed by atoms with van der Waals surface area (Å²) < 4.78 is 4.31. The first-order valence-corrected chi connectivity index (χ1v) is 2.18. The molecule has 0 radical (unpaired) electrons. The molecule has 0 aromatic rings. The molecule has 0 atom stereocenters. The van der Waals surface area contributed by atoms with Crippen LogP contribution < -0.4 is 0 Å². The van der Waals surface area contributed by atoms with Gasteiger partial charge in [-0.15, -0.1) is 0 Å². The average Bonchev–Trinajstić information content (AvgIpc) is 1.65. The molecule has 1 rings (SSSR count). The fourth-order valence-corrected chi connectivity index (χ4v) is 0.405. The maximum Gasteiger partial charge on any atom is 0.343 e. The first-order chi connectivity index (χ1) is 3.71. The summed E-state index contributed by atoms with van der Waals surface area (Å²) >= 11 is 0. The Hall–Kier alpha value is -0.800. The quantitative estimate of drug-likeness (QED) is 0.426. The van der Waals surface area contributed by atoms with Crippen LogP contribution in [0.15, 0.2) is 24.5 Å². The molecule has 0 saturated heterocycles. The second kappa shape index (κ2) is 1.61. The van der Waals surface area contributed by atoms with Gasteiger partial charge in [0.25, 0.3) is 0 Å². The van der Waals surface area contributed by atoms with E-state index in [0.29, 0.717) is 0 Å². The minimum Gasteiger partial charge on any atom is -0.444 e. The van der Waals surface area contributed by atoms with E-state index in [1.165, 1.54) is 12.3 Å². The van der Waals surface area contributed by atoms with Crippen LogP contribution in [0.1, 0.15) is 0 Å². The number of rotatable bonds is 0. The zero-order valence-electron chi connectivity index (χ0n) is 4.11. The van der Waals surface area contributed by atoms with E-state index in [1.54, 1.807) is 6.08 Å². The third-order valence-electron chi connectivity index (χ3n) is 0.745. The van der Waals surface area contributed by atoms with Gasteiger partial charge in [0.1, 0.15) is 0 Å². The van der Waals surface area contributed by atoms with Gasteiger partial charge in [-0.1, -0.05) is 6.08 Å². The zero-order chi connectivity index (χ0) is 6.04. The second-order valence-electron chi connectivity index (χ2n) is 1.46. The molecule has 0 aromatic heterocycles. The smallest absolute Gasteiger partial charge is 0.343 e. The molecule has 44 valence electrons. The molecule has 0 saturated carbocycles. The summed E-state index contributed by atoms with van der Waals surface area (Å²) in [6.45, 7) is 0. The standard InChI is InChI=1S/C5H6O3/c6-5(7)3-1-2-4-8-5/h1-4,6-7H. The van der Waals surface area contributed by atoms with Crippen LogP contribution in [0.25, 0.3) is 0 Å². The number of aliphatic hydroxyl groups is 2. The van der Waals surface area contributed by atoms with Crippen LogP contribution in [-0.2, 0) is 4.74 Å². The lowest BCUT2D eigenvalue weighted by molar-refractivity contribution is -0.277. The Kier molecular flexibility index (Phi) is 1.08. The molecule has 0 spiro atoms. The van der Waals surface area contributed by atoms with Crippen LogP contribution in [0.2, 0.25) is 0 Å². The van der Waals surface area contributed by atoms with Crippen LogP contribution >= 0.6 is 0 Å². The van der Waals surface area contributed by atoms with Crippen molar-refractivity contribution in [2.45, 2.75) is 5.97 Å². The Morgan fingerprint density at radius 3 is 2.25 bits per heavy atom. The summed E-state index contributed by atoms with van der Waals surface area (Å²) in [5.41, 5.74) is 0. The molecule has 0 aliphatic carbocycles. The Morgan fingerprint density at radius 2 is 2.00 bits per heavy atom. The van der Waals surface area contributed by atoms with E-state index in [1.807, 2.05) is 0 Å². The van der Waals surface area contributed by atoms with E-state index >= 15 is 0 Å². The van der Waals surface area contributed by atoms with Crippen LogP contribution in [-0.4, -0.2) is 16.2 Å². The van der Waals surface area contributed by atoms with Crippen molar-refractivity contribution in [2.24, 2.45) is 0 Å². The SMILES string of the molecule is OC1(O)C=CC=CO1. The zero-order valence-corrected chi connectivity index (χ0v) is 4.11. The van der Waals surface area contributed by atoms with Crippen molar-refractivity contribution < 1.29 is 14.9 Å². The van der Waals surface area contributed by atoms with E-state index in [2.05, 4.69) is 4.74 Å². The first kappa shape index (κ1) is 5.34. The number of hydrogen-bond donors (Lipinski definition) is 2. The van der Waals surface area contributed by atoms with Crippen molar-refractivity contribution in [2.75, 3.05) is 0 Å². The highest BCUT2D eigenvalue weighted by Crippen LogP contribution is 2.08. The highest BCUT2D eigenvalue weighted by atomic mass is 16.8. The van der Waals surface area contributed by atoms with Gasteiger partial charge in [0, 0.05) is 6.08 Å². The molecule has 1 aliphatic rings. The molecule has 2 N–H and O–H groups in total. The van der Waals surface area contributed by atoms with Gasteiger partial charge in [0.2, 0.25) is 0 Å². The maximum absolute atomic E-state index is 8.57. The van der Waals surface area contributed by atoms with Crippen LogP contribution in [0, 0.1) is 0 Å². The van der Waals surface area contributed by atoms with Crippen molar-refractivity contribution in [1.29, 1.82) is 0 Å². The predicted octanol–water partition coefficient (Wildman–Crippen LogP) is -0.275. The van der Waals surface area contributed by atoms with Crippen LogP contribution in [0.4, 0.5) is 0 Å². The molecule has 8 heavy (non-hydrogen) atoms. The highest BCUT2D eigenvalue weighted by Gasteiger charge is 2.19. The van der Waals surface area contributed by atoms with E-state index in [-0.39, 0.29) is 0 Å². The van der Waals surface area contributed by atoms with Crippen molar-refractivity contribution in [3.8, 4) is 0 Å². The van der Waals surface area contributed by atoms with Gasteiger partial charge in [0.15, 0.2) is 0 Å². The van der Waals surface area contributed by atoms with Gasteiger partial charge in [-0.05, 0) is 6.08 Å². The second-order valence-corrected chi connectivity index (χ2v) is 1.46. The van der Waals surface area contributed by atoms with Gasteiger partial charge < -0.3 is 14.9 Å². The van der Waals surface area contributed by atoms with E-state index in [0.717, 1.165) is 6.08 Å². The average molecular weight is 114 g/mol. The minimum atomic E-state index is -2.09. The normalized spacial score (nSPS) is 22.8.